The first-order valence-corrected chi connectivity index (χ1v) is 9.17. The molecular formula is C22H17ClFN3O. The van der Waals surface area contributed by atoms with Gasteiger partial charge in [-0.2, -0.15) is 5.10 Å². The molecule has 1 heterocycles. The van der Waals surface area contributed by atoms with Gasteiger partial charge in [-0.1, -0.05) is 29.8 Å². The molecule has 3 aromatic rings. The highest BCUT2D eigenvalue weighted by atomic mass is 35.5. The Balaban J connectivity index is 1.42. The maximum Gasteiger partial charge on any atom is 0.271 e. The van der Waals surface area contributed by atoms with Crippen LogP contribution in [-0.2, 0) is 13.1 Å². The largest absolute Gasteiger partial charge is 0.363 e. The summed E-state index contributed by atoms with van der Waals surface area (Å²) < 4.78 is 13.1. The maximum atomic E-state index is 13.1. The second-order valence-corrected chi connectivity index (χ2v) is 7.00. The number of hydrogen-bond donors (Lipinski definition) is 1. The van der Waals surface area contributed by atoms with Gasteiger partial charge in [0.05, 0.1) is 6.21 Å². The van der Waals surface area contributed by atoms with Crippen molar-refractivity contribution in [2.24, 2.45) is 5.10 Å². The van der Waals surface area contributed by atoms with E-state index in [1.807, 2.05) is 24.3 Å². The third-order valence-electron chi connectivity index (χ3n) is 4.63. The average molecular weight is 394 g/mol. The number of carbonyl (C=O) groups is 1. The molecule has 28 heavy (non-hydrogen) atoms. The molecule has 1 amide bonds. The molecule has 0 saturated heterocycles. The quantitative estimate of drug-likeness (QED) is 0.513. The number of carbonyl (C=O) groups excluding carboxylic acids is 1. The minimum Gasteiger partial charge on any atom is -0.363 e. The number of hydrazone groups is 1. The molecule has 6 heteroatoms. The van der Waals surface area contributed by atoms with Gasteiger partial charge in [-0.15, -0.1) is 0 Å². The summed E-state index contributed by atoms with van der Waals surface area (Å²) in [7, 11) is 0. The van der Waals surface area contributed by atoms with Gasteiger partial charge >= 0.3 is 0 Å². The molecule has 0 fully saturated rings. The van der Waals surface area contributed by atoms with Crippen molar-refractivity contribution < 1.29 is 9.18 Å². The van der Waals surface area contributed by atoms with Crippen LogP contribution in [0.25, 0.3) is 0 Å². The number of benzene rings is 3. The van der Waals surface area contributed by atoms with E-state index >= 15 is 0 Å². The lowest BCUT2D eigenvalue weighted by Gasteiger charge is -2.17. The Bertz CT molecular complexity index is 1030. The van der Waals surface area contributed by atoms with Crippen LogP contribution in [0.15, 0.2) is 71.8 Å². The van der Waals surface area contributed by atoms with Crippen molar-refractivity contribution in [2.45, 2.75) is 13.1 Å². The molecule has 0 radical (unpaired) electrons. The van der Waals surface area contributed by atoms with Crippen LogP contribution in [0.3, 0.4) is 0 Å². The van der Waals surface area contributed by atoms with Crippen LogP contribution >= 0.6 is 11.6 Å². The number of fused-ring (bicyclic) bond motifs is 1. The summed E-state index contributed by atoms with van der Waals surface area (Å²) in [4.78, 5) is 14.5. The van der Waals surface area contributed by atoms with E-state index in [1.165, 1.54) is 12.1 Å². The van der Waals surface area contributed by atoms with Crippen molar-refractivity contribution in [3.05, 3.63) is 99.8 Å². The fourth-order valence-electron chi connectivity index (χ4n) is 3.15. The first-order valence-electron chi connectivity index (χ1n) is 8.80. The Morgan fingerprint density at radius 2 is 1.71 bits per heavy atom. The Morgan fingerprint density at radius 3 is 2.46 bits per heavy atom. The number of anilines is 1. The zero-order chi connectivity index (χ0) is 19.5. The van der Waals surface area contributed by atoms with Gasteiger partial charge in [-0.05, 0) is 65.2 Å². The van der Waals surface area contributed by atoms with E-state index < -0.39 is 0 Å². The normalized spacial score (nSPS) is 13.0. The molecule has 0 spiro atoms. The fourth-order valence-corrected chi connectivity index (χ4v) is 3.28. The van der Waals surface area contributed by atoms with Crippen LogP contribution in [0.1, 0.15) is 27.0 Å². The molecule has 1 aliphatic rings. The standard InChI is InChI=1S/C22H17ClFN3O/c23-19-5-1-15(2-6-19)12-25-26-22(28)16-3-4-17-13-27(14-18(17)11-16)21-9-7-20(24)8-10-21/h1-12H,13-14H2,(H,26,28)/b25-12+. The molecule has 0 unspecified atom stereocenters. The monoisotopic (exact) mass is 393 g/mol. The number of halogens is 2. The van der Waals surface area contributed by atoms with Gasteiger partial charge in [0.1, 0.15) is 5.82 Å². The van der Waals surface area contributed by atoms with Gasteiger partial charge < -0.3 is 4.90 Å². The number of amides is 1. The SMILES string of the molecule is O=C(N/N=C/c1ccc(Cl)cc1)c1ccc2c(c1)CN(c1ccc(F)cc1)C2. The smallest absolute Gasteiger partial charge is 0.271 e. The van der Waals surface area contributed by atoms with Gasteiger partial charge in [-0.3, -0.25) is 4.79 Å². The first kappa shape index (κ1) is 18.2. The lowest BCUT2D eigenvalue weighted by atomic mass is 10.1. The molecular weight excluding hydrogens is 377 g/mol. The Morgan fingerprint density at radius 1 is 1.00 bits per heavy atom. The highest BCUT2D eigenvalue weighted by Gasteiger charge is 2.20. The number of rotatable bonds is 4. The number of nitrogens with one attached hydrogen (secondary N) is 1. The summed E-state index contributed by atoms with van der Waals surface area (Å²) in [5.41, 5.74) is 7.13. The van der Waals surface area contributed by atoms with Gasteiger partial charge in [0.25, 0.3) is 5.91 Å². The molecule has 3 aromatic carbocycles. The zero-order valence-electron chi connectivity index (χ0n) is 14.9. The topological polar surface area (TPSA) is 44.7 Å². The highest BCUT2D eigenvalue weighted by Crippen LogP contribution is 2.29. The summed E-state index contributed by atoms with van der Waals surface area (Å²) in [6, 6.07) is 19.2. The number of nitrogens with zero attached hydrogens (tertiary/aromatic N) is 2. The van der Waals surface area contributed by atoms with E-state index in [0.717, 1.165) is 28.9 Å². The van der Waals surface area contributed by atoms with E-state index in [-0.39, 0.29) is 11.7 Å². The minimum absolute atomic E-state index is 0.251. The van der Waals surface area contributed by atoms with E-state index in [2.05, 4.69) is 15.4 Å². The summed E-state index contributed by atoms with van der Waals surface area (Å²) in [6.07, 6.45) is 1.57. The van der Waals surface area contributed by atoms with Gasteiger partial charge in [0.15, 0.2) is 0 Å². The zero-order valence-corrected chi connectivity index (χ0v) is 15.7. The van der Waals surface area contributed by atoms with Crippen molar-refractivity contribution in [2.75, 3.05) is 4.90 Å². The highest BCUT2D eigenvalue weighted by molar-refractivity contribution is 6.30. The van der Waals surface area contributed by atoms with E-state index in [0.29, 0.717) is 17.1 Å². The van der Waals surface area contributed by atoms with Crippen LogP contribution < -0.4 is 10.3 Å². The van der Waals surface area contributed by atoms with Crippen LogP contribution in [0.5, 0.6) is 0 Å². The third-order valence-corrected chi connectivity index (χ3v) is 4.88. The Hall–Kier alpha value is -3.18. The second kappa shape index (κ2) is 7.82. The third kappa shape index (κ3) is 4.05. The summed E-state index contributed by atoms with van der Waals surface area (Å²) in [5, 5.41) is 4.65. The lowest BCUT2D eigenvalue weighted by Crippen LogP contribution is -2.17. The molecule has 0 aliphatic carbocycles. The maximum absolute atomic E-state index is 13.1. The van der Waals surface area contributed by atoms with Crippen molar-refractivity contribution >= 4 is 29.4 Å². The van der Waals surface area contributed by atoms with E-state index in [9.17, 15) is 9.18 Å². The number of hydrogen-bond acceptors (Lipinski definition) is 3. The Kier molecular flexibility index (Phi) is 5.08. The van der Waals surface area contributed by atoms with Gasteiger partial charge in [0.2, 0.25) is 0 Å². The predicted molar refractivity (Wildman–Crippen MR) is 109 cm³/mol. The van der Waals surface area contributed by atoms with Crippen molar-refractivity contribution in [1.29, 1.82) is 0 Å². The second-order valence-electron chi connectivity index (χ2n) is 6.57. The molecule has 0 bridgehead atoms. The van der Waals surface area contributed by atoms with Crippen LogP contribution in [-0.4, -0.2) is 12.1 Å². The van der Waals surface area contributed by atoms with Crippen LogP contribution in [0, 0.1) is 5.82 Å². The molecule has 0 saturated carbocycles. The summed E-state index contributed by atoms with van der Waals surface area (Å²) in [5.74, 6) is -0.521. The summed E-state index contributed by atoms with van der Waals surface area (Å²) >= 11 is 5.84. The van der Waals surface area contributed by atoms with Crippen molar-refractivity contribution in [3.63, 3.8) is 0 Å². The molecule has 140 valence electrons. The van der Waals surface area contributed by atoms with Crippen molar-refractivity contribution in [3.8, 4) is 0 Å². The summed E-state index contributed by atoms with van der Waals surface area (Å²) in [6.45, 7) is 1.41. The van der Waals surface area contributed by atoms with Crippen LogP contribution in [0.2, 0.25) is 5.02 Å². The lowest BCUT2D eigenvalue weighted by molar-refractivity contribution is 0.0955. The molecule has 1 N–H and O–H groups in total. The van der Waals surface area contributed by atoms with Gasteiger partial charge in [-0.25, -0.2) is 9.82 Å². The molecule has 1 aliphatic heterocycles. The minimum atomic E-state index is -0.270. The molecule has 4 nitrogen and oxygen atoms in total. The van der Waals surface area contributed by atoms with E-state index in [1.54, 1.807) is 36.5 Å². The van der Waals surface area contributed by atoms with Gasteiger partial charge in [0, 0.05) is 29.4 Å². The van der Waals surface area contributed by atoms with Crippen LogP contribution in [0.4, 0.5) is 10.1 Å². The average Bonchev–Trinajstić information content (AvgIpc) is 3.13. The fraction of sp³-hybridized carbons (Fsp3) is 0.0909. The van der Waals surface area contributed by atoms with E-state index in [4.69, 9.17) is 11.6 Å². The molecule has 0 aromatic heterocycles. The van der Waals surface area contributed by atoms with Crippen molar-refractivity contribution in [1.82, 2.24) is 5.43 Å². The molecule has 0 atom stereocenters. The first-order chi connectivity index (χ1) is 13.6. The predicted octanol–water partition coefficient (Wildman–Crippen LogP) is 4.76. The molecule has 4 rings (SSSR count). The Labute approximate surface area is 167 Å².